The molecule has 2 aromatic carbocycles. The largest absolute Gasteiger partial charge is 0.508 e. The highest BCUT2D eigenvalue weighted by atomic mass is 31.2. The molecule has 7 heteroatoms. The Bertz CT molecular complexity index is 1010. The first-order valence-corrected chi connectivity index (χ1v) is 17.0. The molecule has 2 aromatic rings. The van der Waals surface area contributed by atoms with Gasteiger partial charge in [0, 0.05) is 11.2 Å². The van der Waals surface area contributed by atoms with Crippen molar-refractivity contribution in [1.29, 1.82) is 0 Å². The highest BCUT2D eigenvalue weighted by Crippen LogP contribution is 2.56. The fraction of sp³-hybridized carbons (Fsp3) is 0.625. The maximum atomic E-state index is 13.8. The molecule has 0 aromatic heterocycles. The normalized spacial score (nSPS) is 19.0. The molecule has 216 valence electrons. The van der Waals surface area contributed by atoms with Crippen molar-refractivity contribution in [3.8, 4) is 17.2 Å². The van der Waals surface area contributed by atoms with Gasteiger partial charge in [-0.05, 0) is 93.5 Å². The van der Waals surface area contributed by atoms with Crippen LogP contribution in [0.15, 0.2) is 48.5 Å². The first-order chi connectivity index (χ1) is 19.0. The molecule has 2 N–H and O–H groups in total. The summed E-state index contributed by atoms with van der Waals surface area (Å²) in [7, 11) is -2.83. The van der Waals surface area contributed by atoms with Gasteiger partial charge in [0.1, 0.15) is 17.2 Å². The van der Waals surface area contributed by atoms with Crippen LogP contribution in [-0.2, 0) is 15.5 Å². The summed E-state index contributed by atoms with van der Waals surface area (Å²) in [6.07, 6.45) is 14.5. The van der Waals surface area contributed by atoms with E-state index in [0.29, 0.717) is 13.2 Å². The molecule has 2 saturated carbocycles. The molecule has 1 atom stereocenters. The second-order valence-corrected chi connectivity index (χ2v) is 14.1. The smallest absolute Gasteiger partial charge is 0.242 e. The number of phenolic OH excluding ortho intramolecular Hbond substituents is 1. The summed E-state index contributed by atoms with van der Waals surface area (Å²) in [5.41, 5.74) is 1.57. The predicted octanol–water partition coefficient (Wildman–Crippen LogP) is 8.07. The summed E-state index contributed by atoms with van der Waals surface area (Å²) in [4.78, 5) is 0. The van der Waals surface area contributed by atoms with E-state index >= 15 is 0 Å². The average Bonchev–Trinajstić information content (AvgIpc) is 3.42. The van der Waals surface area contributed by atoms with E-state index in [1.54, 1.807) is 24.3 Å². The molecule has 0 amide bonds. The van der Waals surface area contributed by atoms with Crippen molar-refractivity contribution in [1.82, 2.24) is 5.32 Å². The molecule has 0 aliphatic heterocycles. The van der Waals surface area contributed by atoms with E-state index in [2.05, 4.69) is 24.4 Å². The van der Waals surface area contributed by atoms with E-state index in [0.717, 1.165) is 69.4 Å². The van der Waals surface area contributed by atoms with Crippen LogP contribution in [0, 0.1) is 0 Å². The van der Waals surface area contributed by atoms with E-state index in [1.807, 2.05) is 12.1 Å². The molecule has 0 spiro atoms. The van der Waals surface area contributed by atoms with Crippen molar-refractivity contribution in [3.63, 3.8) is 0 Å². The van der Waals surface area contributed by atoms with Crippen LogP contribution < -0.4 is 14.8 Å². The van der Waals surface area contributed by atoms with Crippen molar-refractivity contribution < 1.29 is 23.7 Å². The van der Waals surface area contributed by atoms with Crippen LogP contribution in [-0.4, -0.2) is 42.4 Å². The number of ether oxygens (including phenoxy) is 2. The zero-order valence-corrected chi connectivity index (χ0v) is 24.6. The van der Waals surface area contributed by atoms with Crippen LogP contribution in [0.2, 0.25) is 0 Å². The molecule has 0 heterocycles. The van der Waals surface area contributed by atoms with E-state index in [4.69, 9.17) is 14.0 Å². The number of benzene rings is 2. The Hall–Kier alpha value is -2.01. The van der Waals surface area contributed by atoms with Gasteiger partial charge in [0.25, 0.3) is 0 Å². The van der Waals surface area contributed by atoms with Crippen LogP contribution in [0.5, 0.6) is 17.2 Å². The summed E-state index contributed by atoms with van der Waals surface area (Å²) < 4.78 is 31.8. The number of nitrogens with one attached hydrogen (secondary N) is 1. The lowest BCUT2D eigenvalue weighted by molar-refractivity contribution is 0.263. The Balaban J connectivity index is 1.26. The van der Waals surface area contributed by atoms with Crippen LogP contribution >= 0.6 is 7.37 Å². The standard InChI is InChI=1S/C32H48NO5P/c1-2-3-24-38-39(35,31-10-5-4-6-11-31)26-37-30-16-12-27(13-17-30)25-32(20-7-8-21-32)33-22-9-23-36-29-18-14-28(34)15-19-29/h12-19,31,33-34H,2-11,20-26H2,1H3. The summed E-state index contributed by atoms with van der Waals surface area (Å²) in [6, 6.07) is 15.3. The maximum Gasteiger partial charge on any atom is 0.242 e. The quantitative estimate of drug-likeness (QED) is 0.161. The number of hydrogen-bond donors (Lipinski definition) is 2. The Morgan fingerprint density at radius 1 is 0.872 bits per heavy atom. The van der Waals surface area contributed by atoms with Gasteiger partial charge in [-0.1, -0.05) is 57.6 Å². The molecule has 1 unspecified atom stereocenters. The third-order valence-electron chi connectivity index (χ3n) is 8.30. The highest BCUT2D eigenvalue weighted by molar-refractivity contribution is 7.59. The molecule has 2 fully saturated rings. The van der Waals surface area contributed by atoms with Crippen molar-refractivity contribution in [2.24, 2.45) is 0 Å². The minimum absolute atomic E-state index is 0.130. The minimum Gasteiger partial charge on any atom is -0.508 e. The summed E-state index contributed by atoms with van der Waals surface area (Å²) >= 11 is 0. The summed E-state index contributed by atoms with van der Waals surface area (Å²) in [5.74, 6) is 1.81. The summed E-state index contributed by atoms with van der Waals surface area (Å²) in [6.45, 7) is 4.25. The third kappa shape index (κ3) is 9.27. The number of phenols is 1. The molecule has 0 saturated heterocycles. The van der Waals surface area contributed by atoms with E-state index in [-0.39, 0.29) is 23.3 Å². The lowest BCUT2D eigenvalue weighted by Crippen LogP contribution is -2.45. The molecule has 0 bridgehead atoms. The topological polar surface area (TPSA) is 77.0 Å². The summed E-state index contributed by atoms with van der Waals surface area (Å²) in [5, 5.41) is 13.3. The van der Waals surface area contributed by atoms with Crippen LogP contribution in [0.25, 0.3) is 0 Å². The van der Waals surface area contributed by atoms with Crippen molar-refractivity contribution in [2.75, 3.05) is 26.1 Å². The second kappa shape index (κ2) is 15.1. The van der Waals surface area contributed by atoms with Gasteiger partial charge in [0.2, 0.25) is 7.37 Å². The highest BCUT2D eigenvalue weighted by Gasteiger charge is 2.36. The van der Waals surface area contributed by atoms with Gasteiger partial charge in [-0.3, -0.25) is 4.57 Å². The Kier molecular flexibility index (Phi) is 11.6. The zero-order valence-electron chi connectivity index (χ0n) is 23.7. The van der Waals surface area contributed by atoms with Crippen molar-refractivity contribution in [2.45, 2.75) is 102 Å². The van der Waals surface area contributed by atoms with E-state index in [9.17, 15) is 9.67 Å². The Labute approximate surface area is 235 Å². The molecule has 4 rings (SSSR count). The van der Waals surface area contributed by atoms with E-state index < -0.39 is 7.37 Å². The number of hydrogen-bond acceptors (Lipinski definition) is 6. The molecular weight excluding hydrogens is 509 g/mol. The van der Waals surface area contributed by atoms with Gasteiger partial charge in [-0.2, -0.15) is 0 Å². The van der Waals surface area contributed by atoms with Crippen LogP contribution in [0.4, 0.5) is 0 Å². The minimum atomic E-state index is -2.83. The van der Waals surface area contributed by atoms with Gasteiger partial charge < -0.3 is 24.4 Å². The Morgan fingerprint density at radius 2 is 1.54 bits per heavy atom. The van der Waals surface area contributed by atoms with Gasteiger partial charge in [-0.25, -0.2) is 0 Å². The SMILES string of the molecule is CCCCOP(=O)(COc1ccc(CC2(NCCCOc3ccc(O)cc3)CCCC2)cc1)C1CCCCC1. The van der Waals surface area contributed by atoms with Gasteiger partial charge in [0.05, 0.1) is 13.2 Å². The molecule has 2 aliphatic carbocycles. The van der Waals surface area contributed by atoms with Crippen LogP contribution in [0.3, 0.4) is 0 Å². The molecular formula is C32H48NO5P. The predicted molar refractivity (Wildman–Crippen MR) is 158 cm³/mol. The number of rotatable bonds is 16. The molecule has 39 heavy (non-hydrogen) atoms. The average molecular weight is 558 g/mol. The first-order valence-electron chi connectivity index (χ1n) is 15.1. The fourth-order valence-corrected chi connectivity index (χ4v) is 8.39. The van der Waals surface area contributed by atoms with Gasteiger partial charge >= 0.3 is 0 Å². The van der Waals surface area contributed by atoms with Gasteiger partial charge in [-0.15, -0.1) is 0 Å². The second-order valence-electron chi connectivity index (χ2n) is 11.4. The number of unbranched alkanes of at least 4 members (excludes halogenated alkanes) is 1. The van der Waals surface area contributed by atoms with Crippen molar-refractivity contribution >= 4 is 7.37 Å². The first kappa shape index (κ1) is 30.0. The van der Waals surface area contributed by atoms with Crippen LogP contribution in [0.1, 0.15) is 89.5 Å². The fourth-order valence-electron chi connectivity index (χ4n) is 5.97. The molecule has 6 nitrogen and oxygen atoms in total. The Morgan fingerprint density at radius 3 is 2.23 bits per heavy atom. The molecule has 2 aliphatic rings. The number of aromatic hydroxyl groups is 1. The lowest BCUT2D eigenvalue weighted by atomic mass is 9.89. The zero-order chi connectivity index (χ0) is 27.4. The molecule has 0 radical (unpaired) electrons. The lowest BCUT2D eigenvalue weighted by Gasteiger charge is -2.31. The maximum absolute atomic E-state index is 13.8. The van der Waals surface area contributed by atoms with Gasteiger partial charge in [0.15, 0.2) is 6.35 Å². The van der Waals surface area contributed by atoms with E-state index in [1.165, 1.54) is 37.7 Å². The monoisotopic (exact) mass is 557 g/mol. The van der Waals surface area contributed by atoms with Crippen molar-refractivity contribution in [3.05, 3.63) is 54.1 Å². The third-order valence-corrected chi connectivity index (χ3v) is 11.0.